The standard InChI is InChI=1S/C27H28ClN3O4/c1-18-4-3-13-27(17-18)30-24(21-5-2-6-22(28)16-21)26(35)31(27)15-12-19-7-9-20(10-8-19)25(34)29-14-11-23(32)33/h2-10,16,18H,11-15,17H2,1H3,(H,29,34)(H,32,33). The Kier molecular flexibility index (Phi) is 7.36. The van der Waals surface area contributed by atoms with Gasteiger partial charge in [-0.05, 0) is 48.6 Å². The minimum atomic E-state index is -0.958. The van der Waals surface area contributed by atoms with Gasteiger partial charge in [0.1, 0.15) is 11.4 Å². The Hall–Kier alpha value is -3.45. The number of hydrogen-bond acceptors (Lipinski definition) is 4. The summed E-state index contributed by atoms with van der Waals surface area (Å²) in [4.78, 5) is 43.2. The highest BCUT2D eigenvalue weighted by Crippen LogP contribution is 2.39. The third-order valence-electron chi connectivity index (χ3n) is 6.39. The van der Waals surface area contributed by atoms with E-state index in [1.165, 1.54) is 0 Å². The summed E-state index contributed by atoms with van der Waals surface area (Å²) in [5.74, 6) is -1.06. The molecule has 0 radical (unpaired) electrons. The van der Waals surface area contributed by atoms with Crippen molar-refractivity contribution < 1.29 is 19.5 Å². The summed E-state index contributed by atoms with van der Waals surface area (Å²) < 4.78 is 0. The molecule has 0 saturated carbocycles. The molecule has 2 aliphatic rings. The molecule has 7 nitrogen and oxygen atoms in total. The molecule has 1 aliphatic carbocycles. The second-order valence-corrected chi connectivity index (χ2v) is 9.51. The molecule has 1 aliphatic heterocycles. The number of aliphatic carboxylic acids is 1. The highest BCUT2D eigenvalue weighted by atomic mass is 35.5. The SMILES string of the molecule is CC1C=CCC2(C1)N=C(c1cccc(Cl)c1)C(=O)N2CCc1ccc(C(=O)NCCC(=O)O)cc1. The lowest BCUT2D eigenvalue weighted by molar-refractivity contribution is -0.136. The molecule has 2 atom stereocenters. The number of carbonyl (C=O) groups is 3. The first-order valence-electron chi connectivity index (χ1n) is 11.7. The van der Waals surface area contributed by atoms with Crippen LogP contribution in [0.4, 0.5) is 0 Å². The summed E-state index contributed by atoms with van der Waals surface area (Å²) in [5.41, 5.74) is 2.02. The second kappa shape index (κ2) is 10.4. The number of carboxylic acids is 1. The van der Waals surface area contributed by atoms with E-state index >= 15 is 0 Å². The zero-order valence-electron chi connectivity index (χ0n) is 19.5. The molecule has 1 spiro atoms. The van der Waals surface area contributed by atoms with Gasteiger partial charge < -0.3 is 15.3 Å². The fourth-order valence-electron chi connectivity index (χ4n) is 4.68. The largest absolute Gasteiger partial charge is 0.481 e. The molecule has 2 amide bonds. The molecule has 0 aromatic heterocycles. The number of aliphatic imine (C=N–C) groups is 1. The van der Waals surface area contributed by atoms with Crippen molar-refractivity contribution in [1.29, 1.82) is 0 Å². The Balaban J connectivity index is 1.48. The Labute approximate surface area is 209 Å². The van der Waals surface area contributed by atoms with Crippen molar-refractivity contribution in [1.82, 2.24) is 10.2 Å². The van der Waals surface area contributed by atoms with Gasteiger partial charge in [-0.2, -0.15) is 0 Å². The molecule has 2 unspecified atom stereocenters. The van der Waals surface area contributed by atoms with E-state index in [9.17, 15) is 14.4 Å². The summed E-state index contributed by atoms with van der Waals surface area (Å²) in [6, 6.07) is 14.4. The molecule has 1 heterocycles. The van der Waals surface area contributed by atoms with Crippen molar-refractivity contribution >= 4 is 35.1 Å². The molecular weight excluding hydrogens is 466 g/mol. The number of nitrogens with one attached hydrogen (secondary N) is 1. The normalized spacial score (nSPS) is 21.3. The lowest BCUT2D eigenvalue weighted by atomic mass is 9.87. The molecule has 2 aromatic rings. The molecular formula is C27H28ClN3O4. The lowest BCUT2D eigenvalue weighted by Crippen LogP contribution is -2.49. The predicted octanol–water partition coefficient (Wildman–Crippen LogP) is 4.10. The number of nitrogens with zero attached hydrogens (tertiary/aromatic N) is 2. The topological polar surface area (TPSA) is 99.1 Å². The highest BCUT2D eigenvalue weighted by molar-refractivity contribution is 6.47. The van der Waals surface area contributed by atoms with Crippen LogP contribution in [0.25, 0.3) is 0 Å². The van der Waals surface area contributed by atoms with Gasteiger partial charge in [-0.1, -0.05) is 54.9 Å². The van der Waals surface area contributed by atoms with Gasteiger partial charge in [-0.3, -0.25) is 19.4 Å². The van der Waals surface area contributed by atoms with Crippen molar-refractivity contribution in [2.75, 3.05) is 13.1 Å². The van der Waals surface area contributed by atoms with Gasteiger partial charge >= 0.3 is 5.97 Å². The maximum Gasteiger partial charge on any atom is 0.305 e. The Bertz CT molecular complexity index is 1190. The van der Waals surface area contributed by atoms with Crippen molar-refractivity contribution in [3.8, 4) is 0 Å². The zero-order chi connectivity index (χ0) is 25.0. The van der Waals surface area contributed by atoms with Crippen LogP contribution in [0.3, 0.4) is 0 Å². The van der Waals surface area contributed by atoms with Crippen molar-refractivity contribution in [3.05, 3.63) is 82.4 Å². The summed E-state index contributed by atoms with van der Waals surface area (Å²) in [5, 5.41) is 11.9. The molecule has 8 heteroatoms. The van der Waals surface area contributed by atoms with Crippen LogP contribution in [0.2, 0.25) is 5.02 Å². The number of carboxylic acid groups (broad SMARTS) is 1. The summed E-state index contributed by atoms with van der Waals surface area (Å²) >= 11 is 6.18. The van der Waals surface area contributed by atoms with Gasteiger partial charge in [0.25, 0.3) is 11.8 Å². The first-order chi connectivity index (χ1) is 16.8. The Morgan fingerprint density at radius 3 is 2.69 bits per heavy atom. The molecule has 0 bridgehead atoms. The molecule has 35 heavy (non-hydrogen) atoms. The molecule has 0 fully saturated rings. The average molecular weight is 494 g/mol. The zero-order valence-corrected chi connectivity index (χ0v) is 20.3. The van der Waals surface area contributed by atoms with E-state index in [2.05, 4.69) is 24.4 Å². The smallest absolute Gasteiger partial charge is 0.305 e. The van der Waals surface area contributed by atoms with E-state index in [-0.39, 0.29) is 24.8 Å². The maximum absolute atomic E-state index is 13.5. The van der Waals surface area contributed by atoms with Crippen LogP contribution in [-0.4, -0.2) is 52.3 Å². The molecule has 4 rings (SSSR count). The van der Waals surface area contributed by atoms with Crippen LogP contribution in [0, 0.1) is 5.92 Å². The van der Waals surface area contributed by atoms with E-state index in [1.807, 2.05) is 29.2 Å². The number of halogens is 1. The van der Waals surface area contributed by atoms with E-state index in [1.54, 1.807) is 24.3 Å². The van der Waals surface area contributed by atoms with Crippen LogP contribution >= 0.6 is 11.6 Å². The molecule has 2 N–H and O–H groups in total. The summed E-state index contributed by atoms with van der Waals surface area (Å²) in [6.45, 7) is 2.71. The van der Waals surface area contributed by atoms with Crippen molar-refractivity contribution in [3.63, 3.8) is 0 Å². The quantitative estimate of drug-likeness (QED) is 0.541. The van der Waals surface area contributed by atoms with Crippen LogP contribution in [0.1, 0.15) is 47.7 Å². The van der Waals surface area contributed by atoms with E-state index in [4.69, 9.17) is 21.7 Å². The van der Waals surface area contributed by atoms with Gasteiger partial charge in [0.15, 0.2) is 0 Å². The van der Waals surface area contributed by atoms with Gasteiger partial charge in [0, 0.05) is 35.7 Å². The van der Waals surface area contributed by atoms with E-state index in [0.29, 0.717) is 41.6 Å². The second-order valence-electron chi connectivity index (χ2n) is 9.07. The minimum Gasteiger partial charge on any atom is -0.481 e. The molecule has 2 aromatic carbocycles. The minimum absolute atomic E-state index is 0.0803. The third kappa shape index (κ3) is 5.62. The third-order valence-corrected chi connectivity index (χ3v) is 6.63. The number of amides is 2. The number of allylic oxidation sites excluding steroid dienone is 1. The fraction of sp³-hybridized carbons (Fsp3) is 0.333. The van der Waals surface area contributed by atoms with E-state index < -0.39 is 11.6 Å². The predicted molar refractivity (Wildman–Crippen MR) is 135 cm³/mol. The lowest BCUT2D eigenvalue weighted by Gasteiger charge is -2.39. The van der Waals surface area contributed by atoms with Crippen LogP contribution in [-0.2, 0) is 16.0 Å². The van der Waals surface area contributed by atoms with Gasteiger partial charge in [0.05, 0.1) is 6.42 Å². The Morgan fingerprint density at radius 1 is 1.23 bits per heavy atom. The van der Waals surface area contributed by atoms with Gasteiger partial charge in [0.2, 0.25) is 0 Å². The first-order valence-corrected chi connectivity index (χ1v) is 12.1. The maximum atomic E-state index is 13.5. The van der Waals surface area contributed by atoms with Crippen LogP contribution in [0.15, 0.2) is 65.7 Å². The monoisotopic (exact) mass is 493 g/mol. The van der Waals surface area contributed by atoms with Gasteiger partial charge in [-0.15, -0.1) is 0 Å². The number of hydrogen-bond donors (Lipinski definition) is 2. The van der Waals surface area contributed by atoms with Crippen LogP contribution < -0.4 is 5.32 Å². The van der Waals surface area contributed by atoms with Gasteiger partial charge in [-0.25, -0.2) is 0 Å². The fourth-order valence-corrected chi connectivity index (χ4v) is 4.87. The van der Waals surface area contributed by atoms with Crippen molar-refractivity contribution in [2.45, 2.75) is 38.3 Å². The average Bonchev–Trinajstić information content (AvgIpc) is 3.08. The number of rotatable bonds is 8. The van der Waals surface area contributed by atoms with Crippen molar-refractivity contribution in [2.24, 2.45) is 10.9 Å². The van der Waals surface area contributed by atoms with Crippen LogP contribution in [0.5, 0.6) is 0 Å². The molecule has 182 valence electrons. The van der Waals surface area contributed by atoms with E-state index in [0.717, 1.165) is 17.5 Å². The summed E-state index contributed by atoms with van der Waals surface area (Å²) in [6.07, 6.45) is 6.20. The highest BCUT2D eigenvalue weighted by Gasteiger charge is 2.47. The number of benzene rings is 2. The summed E-state index contributed by atoms with van der Waals surface area (Å²) in [7, 11) is 0. The molecule has 0 saturated heterocycles. The first kappa shape index (κ1) is 24.7. The number of carbonyl (C=O) groups excluding carboxylic acids is 2. The Morgan fingerprint density at radius 2 is 2.00 bits per heavy atom.